The molecule has 4 nitrogen and oxygen atoms in total. The first-order chi connectivity index (χ1) is 12.4. The average Bonchev–Trinajstić information content (AvgIpc) is 3.20. The predicted octanol–water partition coefficient (Wildman–Crippen LogP) is 4.35. The van der Waals surface area contributed by atoms with E-state index in [-0.39, 0.29) is 33.6 Å². The first kappa shape index (κ1) is 18.9. The smallest absolute Gasteiger partial charge is 0.274 e. The van der Waals surface area contributed by atoms with E-state index in [0.29, 0.717) is 6.42 Å². The zero-order chi connectivity index (χ0) is 18.8. The number of halogens is 5. The maximum absolute atomic E-state index is 14.1. The van der Waals surface area contributed by atoms with Gasteiger partial charge in [0.2, 0.25) is 0 Å². The molecular weight excluding hydrogens is 374 g/mol. The van der Waals surface area contributed by atoms with Crippen molar-refractivity contribution in [3.63, 3.8) is 0 Å². The highest BCUT2D eigenvalue weighted by Crippen LogP contribution is 2.28. The minimum atomic E-state index is -3.38. The van der Waals surface area contributed by atoms with E-state index in [0.717, 1.165) is 30.3 Å². The molecule has 1 fully saturated rings. The van der Waals surface area contributed by atoms with Crippen LogP contribution in [0.1, 0.15) is 43.4 Å². The van der Waals surface area contributed by atoms with Crippen molar-refractivity contribution in [3.8, 4) is 0 Å². The van der Waals surface area contributed by atoms with Crippen molar-refractivity contribution in [2.24, 2.45) is 5.92 Å². The van der Waals surface area contributed by atoms with Crippen molar-refractivity contribution < 1.29 is 17.6 Å². The standard InChI is InChI=1S/C17H18ClF4N3O/c18-12-6-3-7-13(19)11(12)9-24-14(8-10-4-1-2-5-10)23-25(17(24)26)16(22)15(20)21/h3,6-7,10,15-16H,1-2,4-5,8-9H2. The van der Waals surface area contributed by atoms with E-state index in [1.54, 1.807) is 0 Å². The fourth-order valence-corrected chi connectivity index (χ4v) is 3.57. The van der Waals surface area contributed by atoms with Gasteiger partial charge in [-0.15, -0.1) is 0 Å². The molecule has 1 aromatic carbocycles. The van der Waals surface area contributed by atoms with Gasteiger partial charge in [0.25, 0.3) is 12.7 Å². The van der Waals surface area contributed by atoms with Crippen LogP contribution in [0, 0.1) is 11.7 Å². The second kappa shape index (κ2) is 7.82. The quantitative estimate of drug-likeness (QED) is 0.687. The molecule has 26 heavy (non-hydrogen) atoms. The lowest BCUT2D eigenvalue weighted by atomic mass is 10.0. The van der Waals surface area contributed by atoms with Crippen LogP contribution in [0.25, 0.3) is 0 Å². The summed E-state index contributed by atoms with van der Waals surface area (Å²) in [7, 11) is 0. The Labute approximate surface area is 152 Å². The van der Waals surface area contributed by atoms with E-state index < -0.39 is 24.2 Å². The first-order valence-corrected chi connectivity index (χ1v) is 8.79. The molecule has 0 saturated heterocycles. The number of hydrogen-bond donors (Lipinski definition) is 0. The summed E-state index contributed by atoms with van der Waals surface area (Å²) in [5.74, 6) is -0.219. The summed E-state index contributed by atoms with van der Waals surface area (Å²) in [4.78, 5) is 12.5. The third-order valence-corrected chi connectivity index (χ3v) is 5.08. The van der Waals surface area contributed by atoms with Gasteiger partial charge in [-0.2, -0.15) is 9.78 Å². The van der Waals surface area contributed by atoms with Gasteiger partial charge in [0.1, 0.15) is 11.6 Å². The lowest BCUT2D eigenvalue weighted by molar-refractivity contribution is -0.00188. The summed E-state index contributed by atoms with van der Waals surface area (Å²) in [5, 5.41) is 3.90. The molecule has 0 spiro atoms. The first-order valence-electron chi connectivity index (χ1n) is 8.41. The summed E-state index contributed by atoms with van der Waals surface area (Å²) >= 11 is 6.00. The molecule has 0 radical (unpaired) electrons. The molecule has 1 atom stereocenters. The Kier molecular flexibility index (Phi) is 5.70. The lowest BCUT2D eigenvalue weighted by Crippen LogP contribution is -2.30. The van der Waals surface area contributed by atoms with Gasteiger partial charge in [0.15, 0.2) is 0 Å². The molecule has 1 saturated carbocycles. The normalized spacial score (nSPS) is 16.5. The minimum absolute atomic E-state index is 0.0379. The largest absolute Gasteiger partial charge is 0.349 e. The molecule has 0 bridgehead atoms. The second-order valence-electron chi connectivity index (χ2n) is 6.49. The van der Waals surface area contributed by atoms with E-state index >= 15 is 0 Å². The average molecular weight is 392 g/mol. The molecule has 2 aromatic rings. The second-order valence-corrected chi connectivity index (χ2v) is 6.90. The lowest BCUT2D eigenvalue weighted by Gasteiger charge is -2.11. The number of rotatable bonds is 6. The van der Waals surface area contributed by atoms with Gasteiger partial charge in [-0.05, 0) is 18.1 Å². The van der Waals surface area contributed by atoms with E-state index in [1.165, 1.54) is 18.2 Å². The summed E-state index contributed by atoms with van der Waals surface area (Å²) in [5.41, 5.74) is -0.999. The minimum Gasteiger partial charge on any atom is -0.274 e. The summed E-state index contributed by atoms with van der Waals surface area (Å²) < 4.78 is 54.5. The SMILES string of the molecule is O=c1n(C(F)C(F)F)nc(CC2CCCC2)n1Cc1c(F)cccc1Cl. The van der Waals surface area contributed by atoms with Crippen molar-refractivity contribution in [1.29, 1.82) is 0 Å². The molecule has 0 amide bonds. The Hall–Kier alpha value is -1.83. The van der Waals surface area contributed by atoms with Crippen LogP contribution in [-0.2, 0) is 13.0 Å². The van der Waals surface area contributed by atoms with Crippen LogP contribution in [0.4, 0.5) is 17.6 Å². The molecular formula is C17H18ClF4N3O. The topological polar surface area (TPSA) is 39.8 Å². The van der Waals surface area contributed by atoms with Crippen molar-refractivity contribution >= 4 is 11.6 Å². The van der Waals surface area contributed by atoms with E-state index in [9.17, 15) is 22.4 Å². The summed E-state index contributed by atoms with van der Waals surface area (Å²) in [6.07, 6.45) is -1.95. The molecule has 1 unspecified atom stereocenters. The monoisotopic (exact) mass is 391 g/mol. The van der Waals surface area contributed by atoms with Crippen molar-refractivity contribution in [3.05, 3.63) is 50.9 Å². The van der Waals surface area contributed by atoms with Crippen LogP contribution in [0.2, 0.25) is 5.02 Å². The van der Waals surface area contributed by atoms with Crippen LogP contribution < -0.4 is 5.69 Å². The number of hydrogen-bond acceptors (Lipinski definition) is 2. The molecule has 0 N–H and O–H groups in total. The molecule has 142 valence electrons. The zero-order valence-corrected chi connectivity index (χ0v) is 14.6. The maximum atomic E-state index is 14.1. The van der Waals surface area contributed by atoms with Gasteiger partial charge in [-0.25, -0.2) is 22.4 Å². The van der Waals surface area contributed by atoms with Gasteiger partial charge in [0.05, 0.1) is 6.54 Å². The van der Waals surface area contributed by atoms with Crippen molar-refractivity contribution in [2.45, 2.75) is 51.4 Å². The molecule has 1 heterocycles. The maximum Gasteiger partial charge on any atom is 0.349 e. The molecule has 0 aliphatic heterocycles. The molecule has 1 aliphatic rings. The highest BCUT2D eigenvalue weighted by atomic mass is 35.5. The van der Waals surface area contributed by atoms with Gasteiger partial charge in [-0.3, -0.25) is 4.57 Å². The van der Waals surface area contributed by atoms with Gasteiger partial charge < -0.3 is 0 Å². The Morgan fingerprint density at radius 2 is 1.92 bits per heavy atom. The zero-order valence-electron chi connectivity index (χ0n) is 13.8. The van der Waals surface area contributed by atoms with E-state index in [2.05, 4.69) is 5.10 Å². The number of alkyl halides is 3. The van der Waals surface area contributed by atoms with Crippen LogP contribution in [0.15, 0.2) is 23.0 Å². The van der Waals surface area contributed by atoms with Crippen LogP contribution in [-0.4, -0.2) is 20.8 Å². The van der Waals surface area contributed by atoms with Crippen molar-refractivity contribution in [2.75, 3.05) is 0 Å². The number of benzene rings is 1. The summed E-state index contributed by atoms with van der Waals surface area (Å²) in [6, 6.07) is 4.06. The number of aromatic nitrogens is 3. The Morgan fingerprint density at radius 3 is 2.54 bits per heavy atom. The Morgan fingerprint density at radius 1 is 1.23 bits per heavy atom. The third-order valence-electron chi connectivity index (χ3n) is 4.73. The highest BCUT2D eigenvalue weighted by Gasteiger charge is 2.29. The molecule has 3 rings (SSSR count). The van der Waals surface area contributed by atoms with Crippen LogP contribution in [0.5, 0.6) is 0 Å². The highest BCUT2D eigenvalue weighted by molar-refractivity contribution is 6.31. The molecule has 1 aromatic heterocycles. The van der Waals surface area contributed by atoms with Crippen LogP contribution >= 0.6 is 11.6 Å². The fourth-order valence-electron chi connectivity index (χ4n) is 3.35. The Balaban J connectivity index is 2.01. The van der Waals surface area contributed by atoms with Gasteiger partial charge in [-0.1, -0.05) is 43.4 Å². The molecule has 9 heteroatoms. The Bertz CT molecular complexity index is 810. The van der Waals surface area contributed by atoms with Gasteiger partial charge >= 0.3 is 5.69 Å². The molecule has 1 aliphatic carbocycles. The van der Waals surface area contributed by atoms with Crippen molar-refractivity contribution in [1.82, 2.24) is 14.3 Å². The van der Waals surface area contributed by atoms with Crippen LogP contribution in [0.3, 0.4) is 0 Å². The predicted molar refractivity (Wildman–Crippen MR) is 88.8 cm³/mol. The van der Waals surface area contributed by atoms with E-state index in [1.807, 2.05) is 0 Å². The van der Waals surface area contributed by atoms with Gasteiger partial charge in [0, 0.05) is 17.0 Å². The summed E-state index contributed by atoms with van der Waals surface area (Å²) in [6.45, 7) is -0.289. The fraction of sp³-hybridized carbons (Fsp3) is 0.529. The van der Waals surface area contributed by atoms with E-state index in [4.69, 9.17) is 11.6 Å². The third kappa shape index (κ3) is 3.79. The number of nitrogens with zero attached hydrogens (tertiary/aromatic N) is 3.